The van der Waals surface area contributed by atoms with Crippen LogP contribution < -0.4 is 15.6 Å². The topological polar surface area (TPSA) is 139 Å². The number of hydrogen-bond acceptors (Lipinski definition) is 9. The number of alkyl carbamates (subject to hydrolysis) is 1. The van der Waals surface area contributed by atoms with E-state index >= 15 is 8.78 Å². The Hall–Kier alpha value is -5.84. The lowest BCUT2D eigenvalue weighted by Crippen LogP contribution is -2.63. The van der Waals surface area contributed by atoms with Crippen LogP contribution in [0.1, 0.15) is 50.2 Å². The second-order valence-corrected chi connectivity index (χ2v) is 16.2. The molecular formula is C43H43F5N6O6. The number of pyridine rings is 1. The summed E-state index contributed by atoms with van der Waals surface area (Å²) in [4.78, 5) is 52.7. The molecule has 0 spiro atoms. The molecule has 3 aromatic carbocycles. The van der Waals surface area contributed by atoms with E-state index < -0.39 is 65.5 Å². The number of fused-ring (bicyclic) bond motifs is 3. The number of H-pyrrole nitrogens is 1. The van der Waals surface area contributed by atoms with E-state index in [9.17, 15) is 27.6 Å². The van der Waals surface area contributed by atoms with Crippen LogP contribution in [-0.2, 0) is 22.5 Å². The second-order valence-electron chi connectivity index (χ2n) is 16.2. The molecular weight excluding hydrogens is 791 g/mol. The van der Waals surface area contributed by atoms with Gasteiger partial charge in [0.05, 0.1) is 29.6 Å². The summed E-state index contributed by atoms with van der Waals surface area (Å²) in [5, 5.41) is 3.25. The van der Waals surface area contributed by atoms with Crippen LogP contribution in [0.4, 0.5) is 31.5 Å². The first-order chi connectivity index (χ1) is 28.7. The molecule has 0 radical (unpaired) electrons. The monoisotopic (exact) mass is 834 g/mol. The first-order valence-electron chi connectivity index (χ1n) is 19.8. The number of benzene rings is 3. The molecule has 60 heavy (non-hydrogen) atoms. The minimum Gasteiger partial charge on any atom is -0.463 e. The summed E-state index contributed by atoms with van der Waals surface area (Å²) >= 11 is 0. The number of carbonyl (C=O) groups excluding carboxylic acids is 2. The maximum atomic E-state index is 16.5. The van der Waals surface area contributed by atoms with Gasteiger partial charge in [-0.05, 0) is 67.1 Å². The van der Waals surface area contributed by atoms with Crippen molar-refractivity contribution in [3.63, 3.8) is 0 Å². The van der Waals surface area contributed by atoms with Crippen LogP contribution in [0, 0.1) is 11.6 Å². The summed E-state index contributed by atoms with van der Waals surface area (Å²) in [6, 6.07) is 16.3. The molecule has 316 valence electrons. The number of alkyl halides is 3. The average Bonchev–Trinajstić information content (AvgIpc) is 3.73. The van der Waals surface area contributed by atoms with Gasteiger partial charge in [-0.1, -0.05) is 54.6 Å². The molecule has 1 unspecified atom stereocenters. The van der Waals surface area contributed by atoms with Gasteiger partial charge < -0.3 is 19.5 Å². The molecule has 0 bridgehead atoms. The van der Waals surface area contributed by atoms with Gasteiger partial charge >= 0.3 is 12.2 Å². The van der Waals surface area contributed by atoms with Gasteiger partial charge in [0.25, 0.3) is 17.5 Å². The molecule has 3 atom stereocenters. The summed E-state index contributed by atoms with van der Waals surface area (Å²) in [7, 11) is 0. The minimum atomic E-state index is -3.33. The second kappa shape index (κ2) is 16.3. The normalized spacial score (nSPS) is 22.5. The molecule has 0 saturated carbocycles. The Labute approximate surface area is 341 Å². The molecule has 3 saturated heterocycles. The van der Waals surface area contributed by atoms with Crippen LogP contribution in [0.15, 0.2) is 71.7 Å². The SMILES string of the molecule is CC1(NC(=O)OCCCc2c(F)ccc3cccc(-c4ncc5c(=O)[nH]c(OC[C@@]67CCCN6C[C@H](F)C7)nc5c4F)c23)CN(C(=O)OCc2ccccc2)CC(F)(F)C1. The van der Waals surface area contributed by atoms with Gasteiger partial charge in [-0.15, -0.1) is 0 Å². The zero-order valence-electron chi connectivity index (χ0n) is 32.7. The number of ether oxygens (including phenoxy) is 3. The third-order valence-corrected chi connectivity index (χ3v) is 11.5. The van der Waals surface area contributed by atoms with Gasteiger partial charge in [0.2, 0.25) is 0 Å². The quantitative estimate of drug-likeness (QED) is 0.103. The largest absolute Gasteiger partial charge is 0.463 e. The fraction of sp³-hybridized carbons (Fsp3) is 0.419. The minimum absolute atomic E-state index is 0.0213. The predicted octanol–water partition coefficient (Wildman–Crippen LogP) is 7.47. The standard InChI is InChI=1S/C43H43F5N6O6/c1-41(22-43(47,48)24-53(23-41)40(57)59-21-26-8-3-2-4-9-26)52-39(56)58-17-6-12-29-32(45)14-13-27-10-5-11-30(33(27)29)35-34(46)36-31(19-49-35)37(55)51-38(50-36)60-25-42-15-7-16-54(42)20-28(44)18-42/h2-5,8-11,13-14,19,28H,6-7,12,15-18,20-25H2,1H3,(H,52,56)(H,50,51,55)/t28-,41?,42+/m1/s1. The highest BCUT2D eigenvalue weighted by Crippen LogP contribution is 2.41. The van der Waals surface area contributed by atoms with Crippen molar-refractivity contribution in [2.24, 2.45) is 0 Å². The number of amides is 2. The number of rotatable bonds is 11. The number of halogens is 5. The molecule has 5 heterocycles. The number of aryl methyl sites for hydroxylation is 1. The number of piperidine rings is 1. The van der Waals surface area contributed by atoms with E-state index in [0.717, 1.165) is 24.3 Å². The van der Waals surface area contributed by atoms with Crippen LogP contribution >= 0.6 is 0 Å². The Morgan fingerprint density at radius 1 is 1.03 bits per heavy atom. The highest BCUT2D eigenvalue weighted by molar-refractivity contribution is 5.99. The van der Waals surface area contributed by atoms with Crippen molar-refractivity contribution in [1.29, 1.82) is 0 Å². The predicted molar refractivity (Wildman–Crippen MR) is 211 cm³/mol. The van der Waals surface area contributed by atoms with Crippen molar-refractivity contribution in [2.45, 2.75) is 75.2 Å². The van der Waals surface area contributed by atoms with Gasteiger partial charge in [0, 0.05) is 37.7 Å². The molecule has 12 nitrogen and oxygen atoms in total. The van der Waals surface area contributed by atoms with Crippen LogP contribution in [0.2, 0.25) is 0 Å². The number of aromatic amines is 1. The highest BCUT2D eigenvalue weighted by atomic mass is 19.3. The van der Waals surface area contributed by atoms with Crippen molar-refractivity contribution in [1.82, 2.24) is 30.1 Å². The zero-order valence-corrected chi connectivity index (χ0v) is 32.7. The Morgan fingerprint density at radius 2 is 1.85 bits per heavy atom. The number of aromatic nitrogens is 3. The first kappa shape index (κ1) is 40.9. The molecule has 3 fully saturated rings. The Balaban J connectivity index is 0.951. The number of likely N-dealkylation sites (tertiary alicyclic amines) is 1. The number of nitrogens with zero attached hydrogens (tertiary/aromatic N) is 4. The van der Waals surface area contributed by atoms with Gasteiger partial charge in [-0.2, -0.15) is 4.98 Å². The van der Waals surface area contributed by atoms with Crippen molar-refractivity contribution in [3.8, 4) is 17.3 Å². The molecule has 3 aliphatic rings. The number of nitrogens with one attached hydrogen (secondary N) is 2. The molecule has 3 aliphatic heterocycles. The van der Waals surface area contributed by atoms with Crippen LogP contribution in [0.3, 0.4) is 0 Å². The third kappa shape index (κ3) is 8.44. The number of hydrogen-bond donors (Lipinski definition) is 2. The first-order valence-corrected chi connectivity index (χ1v) is 19.8. The molecule has 0 aliphatic carbocycles. The Bertz CT molecular complexity index is 2490. The smallest absolute Gasteiger partial charge is 0.410 e. The molecule has 5 aromatic rings. The van der Waals surface area contributed by atoms with Crippen LogP contribution in [0.25, 0.3) is 32.9 Å². The van der Waals surface area contributed by atoms with Crippen molar-refractivity contribution < 1.29 is 45.8 Å². The molecule has 2 aromatic heterocycles. The summed E-state index contributed by atoms with van der Waals surface area (Å²) in [5.74, 6) is -4.86. The third-order valence-electron chi connectivity index (χ3n) is 11.5. The van der Waals surface area contributed by atoms with Gasteiger partial charge in [0.1, 0.15) is 36.4 Å². The highest BCUT2D eigenvalue weighted by Gasteiger charge is 2.50. The Kier molecular flexibility index (Phi) is 11.1. The van der Waals surface area contributed by atoms with E-state index in [0.29, 0.717) is 29.3 Å². The molecule has 17 heteroatoms. The maximum Gasteiger partial charge on any atom is 0.410 e. The summed E-state index contributed by atoms with van der Waals surface area (Å²) in [6.45, 7) is 1.02. The van der Waals surface area contributed by atoms with Crippen molar-refractivity contribution >= 4 is 33.9 Å². The lowest BCUT2D eigenvalue weighted by Gasteiger charge is -2.43. The van der Waals surface area contributed by atoms with E-state index in [1.54, 1.807) is 48.5 Å². The molecule has 2 amide bonds. The van der Waals surface area contributed by atoms with Gasteiger partial charge in [-0.25, -0.2) is 31.5 Å². The molecule has 8 rings (SSSR count). The van der Waals surface area contributed by atoms with Gasteiger partial charge in [-0.3, -0.25) is 24.6 Å². The Morgan fingerprint density at radius 3 is 2.67 bits per heavy atom. The van der Waals surface area contributed by atoms with E-state index in [4.69, 9.17) is 14.2 Å². The maximum absolute atomic E-state index is 16.5. The average molecular weight is 835 g/mol. The van der Waals surface area contributed by atoms with Gasteiger partial charge in [0.15, 0.2) is 5.82 Å². The lowest BCUT2D eigenvalue weighted by atomic mass is 9.89. The van der Waals surface area contributed by atoms with E-state index in [1.165, 1.54) is 25.3 Å². The zero-order chi connectivity index (χ0) is 42.2. The number of carbonyl (C=O) groups is 2. The molecule has 2 N–H and O–H groups in total. The van der Waals surface area contributed by atoms with E-state index in [-0.39, 0.29) is 72.9 Å². The lowest BCUT2D eigenvalue weighted by molar-refractivity contribution is -0.0897. The van der Waals surface area contributed by atoms with Crippen LogP contribution in [-0.4, -0.2) is 99.5 Å². The van der Waals surface area contributed by atoms with Crippen molar-refractivity contribution in [3.05, 3.63) is 100.0 Å². The summed E-state index contributed by atoms with van der Waals surface area (Å²) in [5.41, 5.74) is -2.17. The summed E-state index contributed by atoms with van der Waals surface area (Å²) in [6.07, 6.45) is -0.492. The summed E-state index contributed by atoms with van der Waals surface area (Å²) < 4.78 is 92.7. The van der Waals surface area contributed by atoms with Crippen LogP contribution in [0.5, 0.6) is 6.01 Å². The fourth-order valence-corrected chi connectivity index (χ4v) is 8.98. The van der Waals surface area contributed by atoms with Crippen molar-refractivity contribution in [2.75, 3.05) is 39.4 Å². The van der Waals surface area contributed by atoms with E-state index in [1.807, 2.05) is 4.90 Å². The fourth-order valence-electron chi connectivity index (χ4n) is 8.98. The van der Waals surface area contributed by atoms with E-state index in [2.05, 4.69) is 20.3 Å².